The quantitative estimate of drug-likeness (QED) is 0.645. The minimum Gasteiger partial charge on any atom is -0.371 e. The van der Waals surface area contributed by atoms with Crippen molar-refractivity contribution in [3.05, 3.63) is 37.1 Å². The number of aromatic nitrogens is 1. The first kappa shape index (κ1) is 20.2. The number of aliphatic hydroxyl groups is 1. The van der Waals surface area contributed by atoms with E-state index in [1.165, 1.54) is 4.90 Å². The van der Waals surface area contributed by atoms with E-state index in [4.69, 9.17) is 9.26 Å². The molecule has 0 aliphatic carbocycles. The van der Waals surface area contributed by atoms with Crippen molar-refractivity contribution in [3.8, 4) is 0 Å². The maximum absolute atomic E-state index is 12.8. The molecule has 2 heterocycles. The van der Waals surface area contributed by atoms with Crippen molar-refractivity contribution in [2.75, 3.05) is 18.1 Å². The molecule has 26 heavy (non-hydrogen) atoms. The fourth-order valence-corrected chi connectivity index (χ4v) is 3.42. The molecule has 0 bridgehead atoms. The lowest BCUT2D eigenvalue weighted by molar-refractivity contribution is -0.0414. The van der Waals surface area contributed by atoms with Crippen LogP contribution in [0.25, 0.3) is 0 Å². The van der Waals surface area contributed by atoms with Gasteiger partial charge in [0.25, 0.3) is 0 Å². The van der Waals surface area contributed by atoms with Gasteiger partial charge >= 0.3 is 6.03 Å². The smallest absolute Gasteiger partial charge is 0.329 e. The third-order valence-corrected chi connectivity index (χ3v) is 4.66. The summed E-state index contributed by atoms with van der Waals surface area (Å²) in [5.41, 5.74) is 0.0129. The molecule has 3 atom stereocenters. The lowest BCUT2D eigenvalue weighted by atomic mass is 9.96. The zero-order valence-electron chi connectivity index (χ0n) is 15.9. The average Bonchev–Trinajstić information content (AvgIpc) is 3.16. The molecule has 1 fully saturated rings. The summed E-state index contributed by atoms with van der Waals surface area (Å²) in [5, 5.41) is 14.8. The van der Waals surface area contributed by atoms with Crippen LogP contribution in [-0.4, -0.2) is 46.6 Å². The van der Waals surface area contributed by atoms with Gasteiger partial charge in [0, 0.05) is 19.2 Å². The summed E-state index contributed by atoms with van der Waals surface area (Å²) in [7, 11) is 0. The Balaban J connectivity index is 2.33. The van der Waals surface area contributed by atoms with Gasteiger partial charge in [-0.25, -0.2) is 9.69 Å². The molecule has 7 nitrogen and oxygen atoms in total. The fourth-order valence-electron chi connectivity index (χ4n) is 3.42. The van der Waals surface area contributed by atoms with Crippen LogP contribution in [0.15, 0.2) is 35.9 Å². The van der Waals surface area contributed by atoms with Crippen molar-refractivity contribution in [1.29, 1.82) is 0 Å². The van der Waals surface area contributed by atoms with E-state index in [0.717, 1.165) is 12.8 Å². The lowest BCUT2D eigenvalue weighted by Crippen LogP contribution is -2.36. The summed E-state index contributed by atoms with van der Waals surface area (Å²) in [6.07, 6.45) is 4.41. The summed E-state index contributed by atoms with van der Waals surface area (Å²) >= 11 is 0. The van der Waals surface area contributed by atoms with Gasteiger partial charge in [0.15, 0.2) is 6.23 Å². The van der Waals surface area contributed by atoms with Gasteiger partial charge in [-0.15, -0.1) is 13.2 Å². The van der Waals surface area contributed by atoms with E-state index in [0.29, 0.717) is 25.3 Å². The molecule has 7 heteroatoms. The van der Waals surface area contributed by atoms with E-state index in [-0.39, 0.29) is 11.9 Å². The number of anilines is 1. The minimum absolute atomic E-state index is 0.208. The number of carbonyl (C=O) groups excluding carboxylic acids is 1. The van der Waals surface area contributed by atoms with E-state index >= 15 is 0 Å². The summed E-state index contributed by atoms with van der Waals surface area (Å²) in [6.45, 7) is 14.2. The van der Waals surface area contributed by atoms with Gasteiger partial charge < -0.3 is 19.3 Å². The van der Waals surface area contributed by atoms with Crippen LogP contribution in [0, 0.1) is 0 Å². The van der Waals surface area contributed by atoms with Crippen molar-refractivity contribution in [3.63, 3.8) is 0 Å². The van der Waals surface area contributed by atoms with Crippen molar-refractivity contribution < 1.29 is 19.2 Å². The number of rotatable bonds is 10. The second kappa shape index (κ2) is 8.51. The molecule has 1 aromatic heterocycles. The first-order chi connectivity index (χ1) is 12.4. The van der Waals surface area contributed by atoms with Crippen molar-refractivity contribution in [2.45, 2.75) is 57.9 Å². The average molecular weight is 363 g/mol. The van der Waals surface area contributed by atoms with Gasteiger partial charge in [0.2, 0.25) is 5.88 Å². The normalized spacial score (nSPS) is 22.5. The Morgan fingerprint density at radius 3 is 2.73 bits per heavy atom. The lowest BCUT2D eigenvalue weighted by Gasteiger charge is -2.26. The molecule has 2 amide bonds. The molecule has 0 aromatic carbocycles. The Morgan fingerprint density at radius 2 is 2.15 bits per heavy atom. The van der Waals surface area contributed by atoms with Crippen LogP contribution < -0.4 is 4.90 Å². The van der Waals surface area contributed by atoms with Gasteiger partial charge in [-0.2, -0.15) is 0 Å². The first-order valence-corrected chi connectivity index (χ1v) is 9.04. The zero-order chi connectivity index (χ0) is 19.3. The Bertz CT molecular complexity index is 636. The van der Waals surface area contributed by atoms with Crippen LogP contribution >= 0.6 is 0 Å². The van der Waals surface area contributed by atoms with Crippen LogP contribution in [0.1, 0.15) is 45.7 Å². The van der Waals surface area contributed by atoms with Gasteiger partial charge in [-0.05, 0) is 26.7 Å². The van der Waals surface area contributed by atoms with Crippen LogP contribution in [0.3, 0.4) is 0 Å². The highest BCUT2D eigenvalue weighted by molar-refractivity contribution is 5.94. The molecule has 2 rings (SSSR count). The Hall–Kier alpha value is -2.12. The van der Waals surface area contributed by atoms with E-state index in [9.17, 15) is 9.90 Å². The maximum Gasteiger partial charge on any atom is 0.329 e. The highest BCUT2D eigenvalue weighted by Crippen LogP contribution is 2.35. The minimum atomic E-state index is -1.05. The van der Waals surface area contributed by atoms with E-state index in [2.05, 4.69) is 25.2 Å². The first-order valence-electron chi connectivity index (χ1n) is 9.04. The Morgan fingerprint density at radius 1 is 1.42 bits per heavy atom. The topological polar surface area (TPSA) is 79.0 Å². The van der Waals surface area contributed by atoms with Gasteiger partial charge in [-0.1, -0.05) is 30.7 Å². The van der Waals surface area contributed by atoms with Gasteiger partial charge in [0.1, 0.15) is 11.3 Å². The predicted octanol–water partition coefficient (Wildman–Crippen LogP) is 3.42. The second-order valence-corrected chi connectivity index (χ2v) is 6.56. The number of amides is 2. The summed E-state index contributed by atoms with van der Waals surface area (Å²) < 4.78 is 11.3. The van der Waals surface area contributed by atoms with Gasteiger partial charge in [-0.3, -0.25) is 0 Å². The number of ether oxygens (including phenoxy) is 1. The maximum atomic E-state index is 12.8. The van der Waals surface area contributed by atoms with Crippen LogP contribution in [0.2, 0.25) is 0 Å². The summed E-state index contributed by atoms with van der Waals surface area (Å²) in [6, 6.07) is 0.912. The highest BCUT2D eigenvalue weighted by Gasteiger charge is 2.46. The number of hydrogen-bond acceptors (Lipinski definition) is 5. The van der Waals surface area contributed by atoms with E-state index < -0.39 is 17.9 Å². The summed E-state index contributed by atoms with van der Waals surface area (Å²) in [5.74, 6) is 0.208. The Labute approximate surface area is 154 Å². The van der Waals surface area contributed by atoms with Crippen LogP contribution in [0.5, 0.6) is 0 Å². The number of carbonyl (C=O) groups is 1. The third kappa shape index (κ3) is 3.68. The number of aliphatic hydroxyl groups excluding tert-OH is 1. The molecule has 1 aliphatic heterocycles. The molecule has 1 aromatic rings. The SMILES string of the molecule is C=CCC1C(O)N(c2cc(C(C)(CCC)OCC)no2)C(=O)N1CC=C. The predicted molar refractivity (Wildman–Crippen MR) is 99.8 cm³/mol. The van der Waals surface area contributed by atoms with Crippen molar-refractivity contribution in [1.82, 2.24) is 10.1 Å². The van der Waals surface area contributed by atoms with Crippen LogP contribution in [0.4, 0.5) is 10.7 Å². The molecule has 3 unspecified atom stereocenters. The number of urea groups is 1. The zero-order valence-corrected chi connectivity index (χ0v) is 15.9. The number of hydrogen-bond donors (Lipinski definition) is 1. The Kier molecular flexibility index (Phi) is 6.61. The fraction of sp³-hybridized carbons (Fsp3) is 0.579. The van der Waals surface area contributed by atoms with E-state index in [1.807, 2.05) is 13.8 Å². The van der Waals surface area contributed by atoms with E-state index in [1.54, 1.807) is 23.1 Å². The molecule has 1 N–H and O–H groups in total. The molecule has 1 saturated heterocycles. The number of nitrogens with zero attached hydrogens (tertiary/aromatic N) is 3. The highest BCUT2D eigenvalue weighted by atomic mass is 16.5. The molecule has 0 radical (unpaired) electrons. The second-order valence-electron chi connectivity index (χ2n) is 6.56. The van der Waals surface area contributed by atoms with Gasteiger partial charge in [0.05, 0.1) is 6.04 Å². The largest absolute Gasteiger partial charge is 0.371 e. The molecule has 0 saturated carbocycles. The van der Waals surface area contributed by atoms with Crippen molar-refractivity contribution >= 4 is 11.9 Å². The van der Waals surface area contributed by atoms with Crippen LogP contribution in [-0.2, 0) is 10.3 Å². The third-order valence-electron chi connectivity index (χ3n) is 4.66. The molecular formula is C19H29N3O4. The monoisotopic (exact) mass is 363 g/mol. The molecule has 1 aliphatic rings. The molecule has 144 valence electrons. The summed E-state index contributed by atoms with van der Waals surface area (Å²) in [4.78, 5) is 15.6. The van der Waals surface area contributed by atoms with Crippen molar-refractivity contribution in [2.24, 2.45) is 0 Å². The standard InChI is InChI=1S/C19H29N3O4/c1-6-10-14-17(23)22(18(24)21(14)12-8-3)16-13-15(20-26-16)19(5,11-7-2)25-9-4/h6,8,13-14,17,23H,1,3,7,9-12H2,2,4-5H3. The molecular weight excluding hydrogens is 334 g/mol. The molecule has 0 spiro atoms.